The first-order chi connectivity index (χ1) is 8.84. The van der Waals surface area contributed by atoms with Crippen molar-refractivity contribution in [3.8, 4) is 0 Å². The van der Waals surface area contributed by atoms with Crippen molar-refractivity contribution < 1.29 is 9.53 Å². The van der Waals surface area contributed by atoms with Crippen molar-refractivity contribution >= 4 is 11.9 Å². The first-order valence-electron chi connectivity index (χ1n) is 5.96. The van der Waals surface area contributed by atoms with Crippen molar-refractivity contribution in [1.82, 2.24) is 0 Å². The molecule has 0 bridgehead atoms. The molecule has 0 saturated heterocycles. The van der Waals surface area contributed by atoms with Crippen LogP contribution in [0.2, 0.25) is 0 Å². The Balaban J connectivity index is 1.98. The molecular formula is C16H10O2. The number of rotatable bonds is 0. The van der Waals surface area contributed by atoms with Crippen LogP contribution in [-0.2, 0) is 4.74 Å². The van der Waals surface area contributed by atoms with Crippen molar-refractivity contribution in [2.75, 3.05) is 0 Å². The lowest BCUT2D eigenvalue weighted by atomic mass is 9.88. The average Bonchev–Trinajstić information content (AvgIpc) is 2.77. The maximum atomic E-state index is 12.5. The zero-order valence-corrected chi connectivity index (χ0v) is 9.59. The summed E-state index contributed by atoms with van der Waals surface area (Å²) in [6, 6.07) is 7.64. The molecular weight excluding hydrogens is 224 g/mol. The first-order valence-corrected chi connectivity index (χ1v) is 5.96. The molecule has 0 amide bonds. The third-order valence-corrected chi connectivity index (χ3v) is 3.49. The van der Waals surface area contributed by atoms with Crippen LogP contribution in [0.3, 0.4) is 0 Å². The number of benzene rings is 1. The lowest BCUT2D eigenvalue weighted by molar-refractivity contribution is 0.102. The molecule has 1 heterocycles. The molecule has 0 aromatic heterocycles. The van der Waals surface area contributed by atoms with E-state index in [9.17, 15) is 4.79 Å². The van der Waals surface area contributed by atoms with Gasteiger partial charge in [-0.05, 0) is 17.7 Å². The summed E-state index contributed by atoms with van der Waals surface area (Å²) in [5.74, 6) is 0.774. The van der Waals surface area contributed by atoms with Gasteiger partial charge in [-0.3, -0.25) is 4.79 Å². The summed E-state index contributed by atoms with van der Waals surface area (Å²) in [7, 11) is 0. The predicted molar refractivity (Wildman–Crippen MR) is 68.9 cm³/mol. The summed E-state index contributed by atoms with van der Waals surface area (Å²) in [4.78, 5) is 12.5. The van der Waals surface area contributed by atoms with Crippen molar-refractivity contribution in [2.45, 2.75) is 6.10 Å². The van der Waals surface area contributed by atoms with Gasteiger partial charge < -0.3 is 4.74 Å². The predicted octanol–water partition coefficient (Wildman–Crippen LogP) is 3.05. The lowest BCUT2D eigenvalue weighted by Crippen LogP contribution is -2.11. The van der Waals surface area contributed by atoms with Gasteiger partial charge >= 0.3 is 0 Å². The number of carbonyl (C=O) groups is 1. The smallest absolute Gasteiger partial charge is 0.197 e. The van der Waals surface area contributed by atoms with Gasteiger partial charge in [0.2, 0.25) is 0 Å². The van der Waals surface area contributed by atoms with E-state index in [1.54, 1.807) is 0 Å². The number of ketones is 1. The molecule has 2 aliphatic carbocycles. The Hall–Kier alpha value is -2.35. The Morgan fingerprint density at radius 3 is 2.94 bits per heavy atom. The highest BCUT2D eigenvalue weighted by molar-refractivity contribution is 6.17. The minimum Gasteiger partial charge on any atom is -0.481 e. The molecule has 0 saturated carbocycles. The Morgan fingerprint density at radius 2 is 2.00 bits per heavy atom. The monoisotopic (exact) mass is 234 g/mol. The van der Waals surface area contributed by atoms with E-state index in [2.05, 4.69) is 0 Å². The fraction of sp³-hybridized carbons (Fsp3) is 0.0625. The van der Waals surface area contributed by atoms with E-state index in [1.807, 2.05) is 54.6 Å². The second-order valence-electron chi connectivity index (χ2n) is 4.54. The molecule has 4 rings (SSSR count). The number of ether oxygens (including phenoxy) is 1. The second-order valence-corrected chi connectivity index (χ2v) is 4.54. The second kappa shape index (κ2) is 3.33. The standard InChI is InChI=1S/C16H10O2/c17-16-11-6-2-1-5-10(11)9-14-15(16)12-7-3-4-8-13(12)18-14/h1-9,13H. The third kappa shape index (κ3) is 1.15. The molecule has 2 nitrogen and oxygen atoms in total. The van der Waals surface area contributed by atoms with E-state index in [0.717, 1.165) is 22.3 Å². The van der Waals surface area contributed by atoms with Gasteiger partial charge in [-0.15, -0.1) is 0 Å². The molecule has 1 aromatic rings. The van der Waals surface area contributed by atoms with Crippen LogP contribution >= 0.6 is 0 Å². The van der Waals surface area contributed by atoms with Gasteiger partial charge in [0.15, 0.2) is 5.78 Å². The number of hydrogen-bond donors (Lipinski definition) is 0. The van der Waals surface area contributed by atoms with Gasteiger partial charge in [-0.1, -0.05) is 42.5 Å². The summed E-state index contributed by atoms with van der Waals surface area (Å²) >= 11 is 0. The molecule has 1 unspecified atom stereocenters. The van der Waals surface area contributed by atoms with Crippen LogP contribution in [0, 0.1) is 0 Å². The van der Waals surface area contributed by atoms with Gasteiger partial charge in [-0.2, -0.15) is 0 Å². The highest BCUT2D eigenvalue weighted by atomic mass is 16.5. The summed E-state index contributed by atoms with van der Waals surface area (Å²) in [6.07, 6.45) is 9.68. The average molecular weight is 234 g/mol. The topological polar surface area (TPSA) is 26.3 Å². The number of hydrogen-bond acceptors (Lipinski definition) is 2. The van der Waals surface area contributed by atoms with Gasteiger partial charge in [0, 0.05) is 11.1 Å². The quantitative estimate of drug-likeness (QED) is 0.689. The summed E-state index contributed by atoms with van der Waals surface area (Å²) < 4.78 is 5.82. The van der Waals surface area contributed by atoms with Gasteiger partial charge in [0.05, 0.1) is 5.57 Å². The van der Waals surface area contributed by atoms with Crippen LogP contribution in [0.5, 0.6) is 0 Å². The van der Waals surface area contributed by atoms with Crippen molar-refractivity contribution in [2.24, 2.45) is 0 Å². The van der Waals surface area contributed by atoms with Crippen LogP contribution < -0.4 is 0 Å². The van der Waals surface area contributed by atoms with E-state index < -0.39 is 0 Å². The maximum absolute atomic E-state index is 12.5. The first kappa shape index (κ1) is 9.66. The van der Waals surface area contributed by atoms with Crippen molar-refractivity contribution in [3.05, 3.63) is 76.6 Å². The highest BCUT2D eigenvalue weighted by Gasteiger charge is 2.36. The maximum Gasteiger partial charge on any atom is 0.197 e. The molecule has 86 valence electrons. The van der Waals surface area contributed by atoms with Crippen LogP contribution in [-0.4, -0.2) is 11.9 Å². The lowest BCUT2D eigenvalue weighted by Gasteiger charge is -2.14. The third-order valence-electron chi connectivity index (χ3n) is 3.49. The Bertz CT molecular complexity index is 687. The summed E-state index contributed by atoms with van der Waals surface area (Å²) in [5.41, 5.74) is 3.40. The zero-order chi connectivity index (χ0) is 12.1. The number of Topliss-reactive ketones (excluding diaryl/α,β-unsaturated/α-hetero) is 1. The van der Waals surface area contributed by atoms with Gasteiger partial charge in [0.1, 0.15) is 11.9 Å². The summed E-state index contributed by atoms with van der Waals surface area (Å²) in [5, 5.41) is 0. The minimum atomic E-state index is -0.102. The normalized spacial score (nSPS) is 23.2. The number of fused-ring (bicyclic) bond motifs is 3. The van der Waals surface area contributed by atoms with Crippen molar-refractivity contribution in [3.63, 3.8) is 0 Å². The molecule has 1 aromatic carbocycles. The van der Waals surface area contributed by atoms with E-state index >= 15 is 0 Å². The zero-order valence-electron chi connectivity index (χ0n) is 9.59. The number of allylic oxidation sites excluding steroid dienone is 3. The molecule has 2 heteroatoms. The van der Waals surface area contributed by atoms with E-state index in [-0.39, 0.29) is 11.9 Å². The van der Waals surface area contributed by atoms with Gasteiger partial charge in [0.25, 0.3) is 0 Å². The van der Waals surface area contributed by atoms with Crippen LogP contribution in [0.1, 0.15) is 15.9 Å². The fourth-order valence-corrected chi connectivity index (χ4v) is 2.64. The van der Waals surface area contributed by atoms with Gasteiger partial charge in [-0.25, -0.2) is 0 Å². The largest absolute Gasteiger partial charge is 0.481 e. The van der Waals surface area contributed by atoms with E-state index in [1.165, 1.54) is 0 Å². The molecule has 0 N–H and O–H groups in total. The highest BCUT2D eigenvalue weighted by Crippen LogP contribution is 2.40. The Kier molecular flexibility index (Phi) is 1.78. The van der Waals surface area contributed by atoms with Crippen LogP contribution in [0.4, 0.5) is 0 Å². The summed E-state index contributed by atoms with van der Waals surface area (Å²) in [6.45, 7) is 0. The molecule has 1 aliphatic heterocycles. The number of carbonyl (C=O) groups excluding carboxylic acids is 1. The van der Waals surface area contributed by atoms with E-state index in [4.69, 9.17) is 4.74 Å². The molecule has 0 radical (unpaired) electrons. The molecule has 0 fully saturated rings. The molecule has 3 aliphatic rings. The fourth-order valence-electron chi connectivity index (χ4n) is 2.64. The molecule has 18 heavy (non-hydrogen) atoms. The Morgan fingerprint density at radius 1 is 1.11 bits per heavy atom. The van der Waals surface area contributed by atoms with Crippen LogP contribution in [0.25, 0.3) is 6.08 Å². The van der Waals surface area contributed by atoms with Crippen LogP contribution in [0.15, 0.2) is 65.5 Å². The SMILES string of the molecule is O=C1C2=C3C=CC=CC3OC2=Cc2ccccc21. The molecule has 0 spiro atoms. The molecule has 1 atom stereocenters. The van der Waals surface area contributed by atoms with Crippen molar-refractivity contribution in [1.29, 1.82) is 0 Å². The Labute approximate surface area is 105 Å². The van der Waals surface area contributed by atoms with E-state index in [0.29, 0.717) is 5.76 Å². The minimum absolute atomic E-state index is 0.0700.